The summed E-state index contributed by atoms with van der Waals surface area (Å²) in [6.07, 6.45) is 0. The number of nitrogens with one attached hydrogen (secondary N) is 2. The molecule has 0 bridgehead atoms. The van der Waals surface area contributed by atoms with Gasteiger partial charge in [0.2, 0.25) is 10.0 Å². The lowest BCUT2D eigenvalue weighted by Gasteiger charge is -2.11. The summed E-state index contributed by atoms with van der Waals surface area (Å²) in [6, 6.07) is 8.95. The number of hydrogen-bond acceptors (Lipinski definition) is 3. The zero-order valence-corrected chi connectivity index (χ0v) is 14.7. The maximum absolute atomic E-state index is 12.4. The molecule has 0 aromatic heterocycles. The van der Waals surface area contributed by atoms with E-state index in [1.54, 1.807) is 25.1 Å². The Labute approximate surface area is 144 Å². The second-order valence-corrected chi connectivity index (χ2v) is 7.49. The maximum atomic E-state index is 12.4. The maximum Gasteiger partial charge on any atom is 0.257 e. The molecule has 122 valence electrons. The standard InChI is InChI=1S/C15H14Cl2N2O3S/c1-9-7-10(16)3-6-14(9)19-15(20)12-8-11(4-5-13(12)17)23(21,22)18-2/h3-8,18H,1-2H3,(H,19,20). The molecule has 2 N–H and O–H groups in total. The van der Waals surface area contributed by atoms with Gasteiger partial charge in [-0.25, -0.2) is 13.1 Å². The normalized spacial score (nSPS) is 11.3. The second-order valence-electron chi connectivity index (χ2n) is 4.76. The van der Waals surface area contributed by atoms with Crippen LogP contribution >= 0.6 is 23.2 Å². The SMILES string of the molecule is CNS(=O)(=O)c1ccc(Cl)c(C(=O)Nc2ccc(Cl)cc2C)c1. The Hall–Kier alpha value is -1.60. The van der Waals surface area contributed by atoms with E-state index >= 15 is 0 Å². The van der Waals surface area contributed by atoms with Gasteiger partial charge in [-0.1, -0.05) is 23.2 Å². The predicted octanol–water partition coefficient (Wildman–Crippen LogP) is 3.46. The number of anilines is 1. The van der Waals surface area contributed by atoms with Gasteiger partial charge in [0, 0.05) is 10.7 Å². The highest BCUT2D eigenvalue weighted by Gasteiger charge is 2.18. The Morgan fingerprint density at radius 2 is 1.78 bits per heavy atom. The van der Waals surface area contributed by atoms with Crippen LogP contribution in [0.5, 0.6) is 0 Å². The van der Waals surface area contributed by atoms with Crippen LogP contribution in [0.1, 0.15) is 15.9 Å². The van der Waals surface area contributed by atoms with Crippen molar-refractivity contribution in [3.63, 3.8) is 0 Å². The Balaban J connectivity index is 2.37. The smallest absolute Gasteiger partial charge is 0.257 e. The van der Waals surface area contributed by atoms with Crippen molar-refractivity contribution in [3.05, 3.63) is 57.6 Å². The molecule has 0 saturated heterocycles. The van der Waals surface area contributed by atoms with Gasteiger partial charge in [-0.15, -0.1) is 0 Å². The molecule has 0 atom stereocenters. The van der Waals surface area contributed by atoms with Gasteiger partial charge in [-0.3, -0.25) is 4.79 Å². The average molecular weight is 373 g/mol. The van der Waals surface area contributed by atoms with E-state index in [-0.39, 0.29) is 15.5 Å². The first-order valence-electron chi connectivity index (χ1n) is 6.55. The quantitative estimate of drug-likeness (QED) is 0.862. The van der Waals surface area contributed by atoms with E-state index in [0.29, 0.717) is 10.7 Å². The van der Waals surface area contributed by atoms with Crippen LogP contribution < -0.4 is 10.0 Å². The summed E-state index contributed by atoms with van der Waals surface area (Å²) in [4.78, 5) is 12.4. The molecule has 0 radical (unpaired) electrons. The van der Waals surface area contributed by atoms with Gasteiger partial charge in [0.1, 0.15) is 0 Å². The lowest BCUT2D eigenvalue weighted by atomic mass is 10.1. The molecule has 2 aromatic rings. The summed E-state index contributed by atoms with van der Waals surface area (Å²) in [5.41, 5.74) is 1.41. The lowest BCUT2D eigenvalue weighted by Crippen LogP contribution is -2.20. The number of sulfonamides is 1. The van der Waals surface area contributed by atoms with Crippen LogP contribution in [-0.2, 0) is 10.0 Å². The Morgan fingerprint density at radius 1 is 1.09 bits per heavy atom. The number of aryl methyl sites for hydroxylation is 1. The van der Waals surface area contributed by atoms with E-state index in [1.807, 2.05) is 0 Å². The van der Waals surface area contributed by atoms with Crippen molar-refractivity contribution >= 4 is 44.8 Å². The molecule has 2 aromatic carbocycles. The molecule has 0 saturated carbocycles. The molecule has 0 aliphatic heterocycles. The number of amides is 1. The van der Waals surface area contributed by atoms with Gasteiger partial charge in [-0.2, -0.15) is 0 Å². The largest absolute Gasteiger partial charge is 0.322 e. The van der Waals surface area contributed by atoms with Crippen LogP contribution in [0, 0.1) is 6.92 Å². The van der Waals surface area contributed by atoms with E-state index in [1.165, 1.54) is 25.2 Å². The topological polar surface area (TPSA) is 75.3 Å². The van der Waals surface area contributed by atoms with E-state index in [2.05, 4.69) is 10.0 Å². The van der Waals surface area contributed by atoms with Gasteiger partial charge in [0.25, 0.3) is 5.91 Å². The van der Waals surface area contributed by atoms with Crippen LogP contribution in [0.25, 0.3) is 0 Å². The summed E-state index contributed by atoms with van der Waals surface area (Å²) in [5, 5.41) is 3.41. The van der Waals surface area contributed by atoms with E-state index in [0.717, 1.165) is 5.56 Å². The highest BCUT2D eigenvalue weighted by molar-refractivity contribution is 7.89. The highest BCUT2D eigenvalue weighted by Crippen LogP contribution is 2.24. The van der Waals surface area contributed by atoms with Crippen molar-refractivity contribution in [1.82, 2.24) is 4.72 Å². The molecule has 0 fully saturated rings. The number of benzene rings is 2. The fraction of sp³-hybridized carbons (Fsp3) is 0.133. The molecule has 0 aliphatic carbocycles. The molecule has 1 amide bonds. The van der Waals surface area contributed by atoms with Crippen molar-refractivity contribution in [2.75, 3.05) is 12.4 Å². The third-order valence-corrected chi connectivity index (χ3v) is 5.17. The molecular weight excluding hydrogens is 359 g/mol. The lowest BCUT2D eigenvalue weighted by molar-refractivity contribution is 0.102. The van der Waals surface area contributed by atoms with E-state index in [4.69, 9.17) is 23.2 Å². The summed E-state index contributed by atoms with van der Waals surface area (Å²) >= 11 is 11.9. The highest BCUT2D eigenvalue weighted by atomic mass is 35.5. The number of halogens is 2. The Kier molecular flexibility index (Phi) is 5.31. The van der Waals surface area contributed by atoms with Crippen molar-refractivity contribution < 1.29 is 13.2 Å². The molecule has 23 heavy (non-hydrogen) atoms. The molecule has 0 aliphatic rings. The van der Waals surface area contributed by atoms with Crippen LogP contribution in [0.2, 0.25) is 10.0 Å². The molecule has 2 rings (SSSR count). The zero-order valence-electron chi connectivity index (χ0n) is 12.4. The molecular formula is C15H14Cl2N2O3S. The van der Waals surface area contributed by atoms with Crippen molar-refractivity contribution in [2.45, 2.75) is 11.8 Å². The summed E-state index contributed by atoms with van der Waals surface area (Å²) in [7, 11) is -2.37. The van der Waals surface area contributed by atoms with Crippen molar-refractivity contribution in [3.8, 4) is 0 Å². The number of carbonyl (C=O) groups is 1. The second kappa shape index (κ2) is 6.88. The molecule has 0 unspecified atom stereocenters. The van der Waals surface area contributed by atoms with E-state index < -0.39 is 15.9 Å². The number of hydrogen-bond donors (Lipinski definition) is 2. The molecule has 5 nitrogen and oxygen atoms in total. The first kappa shape index (κ1) is 17.7. The van der Waals surface area contributed by atoms with Crippen molar-refractivity contribution in [2.24, 2.45) is 0 Å². The van der Waals surface area contributed by atoms with E-state index in [9.17, 15) is 13.2 Å². The van der Waals surface area contributed by atoms with Gasteiger partial charge in [-0.05, 0) is 55.9 Å². The van der Waals surface area contributed by atoms with Gasteiger partial charge in [0.15, 0.2) is 0 Å². The fourth-order valence-corrected chi connectivity index (χ4v) is 3.11. The fourth-order valence-electron chi connectivity index (χ4n) is 1.92. The molecule has 0 heterocycles. The summed E-state index contributed by atoms with van der Waals surface area (Å²) in [5.74, 6) is -0.506. The minimum Gasteiger partial charge on any atom is -0.322 e. The third kappa shape index (κ3) is 4.03. The zero-order chi connectivity index (χ0) is 17.2. The minimum absolute atomic E-state index is 0.0395. The summed E-state index contributed by atoms with van der Waals surface area (Å²) in [6.45, 7) is 1.80. The van der Waals surface area contributed by atoms with Crippen LogP contribution in [0.15, 0.2) is 41.3 Å². The van der Waals surface area contributed by atoms with Crippen LogP contribution in [-0.4, -0.2) is 21.4 Å². The first-order valence-corrected chi connectivity index (χ1v) is 8.79. The van der Waals surface area contributed by atoms with Crippen LogP contribution in [0.4, 0.5) is 5.69 Å². The monoisotopic (exact) mass is 372 g/mol. The van der Waals surface area contributed by atoms with Gasteiger partial charge < -0.3 is 5.32 Å². The number of carbonyl (C=O) groups excluding carboxylic acids is 1. The first-order chi connectivity index (χ1) is 10.7. The van der Waals surface area contributed by atoms with Crippen molar-refractivity contribution in [1.29, 1.82) is 0 Å². The molecule has 0 spiro atoms. The minimum atomic E-state index is -3.66. The average Bonchev–Trinajstić information content (AvgIpc) is 2.50. The molecule has 8 heteroatoms. The van der Waals surface area contributed by atoms with Crippen LogP contribution in [0.3, 0.4) is 0 Å². The number of rotatable bonds is 4. The van der Waals surface area contributed by atoms with Gasteiger partial charge in [0.05, 0.1) is 15.5 Å². The predicted molar refractivity (Wildman–Crippen MR) is 91.8 cm³/mol. The Morgan fingerprint density at radius 3 is 2.39 bits per heavy atom. The third-order valence-electron chi connectivity index (χ3n) is 3.20. The van der Waals surface area contributed by atoms with Gasteiger partial charge >= 0.3 is 0 Å². The summed E-state index contributed by atoms with van der Waals surface area (Å²) < 4.78 is 25.9. The Bertz CT molecular complexity index is 867.